The molecule has 5 heteroatoms. The number of carbonyl (C=O) groups excluding carboxylic acids is 1. The van der Waals surface area contributed by atoms with Crippen LogP contribution < -0.4 is 0 Å². The van der Waals surface area contributed by atoms with Crippen LogP contribution in [-0.2, 0) is 9.59 Å². The lowest BCUT2D eigenvalue weighted by Gasteiger charge is -2.31. The second-order valence-electron chi connectivity index (χ2n) is 5.69. The van der Waals surface area contributed by atoms with Gasteiger partial charge in [-0.1, -0.05) is 19.9 Å². The van der Waals surface area contributed by atoms with Crippen LogP contribution in [-0.4, -0.2) is 59.5 Å². The molecule has 1 fully saturated rings. The molecule has 102 valence electrons. The van der Waals surface area contributed by atoms with Crippen LogP contribution in [0.3, 0.4) is 0 Å². The smallest absolute Gasteiger partial charge is 0.305 e. The highest BCUT2D eigenvalue weighted by Gasteiger charge is 2.38. The first-order chi connectivity index (χ1) is 8.26. The van der Waals surface area contributed by atoms with Gasteiger partial charge in [-0.2, -0.15) is 0 Å². The fourth-order valence-corrected chi connectivity index (χ4v) is 2.58. The van der Waals surface area contributed by atoms with Gasteiger partial charge >= 0.3 is 5.97 Å². The van der Waals surface area contributed by atoms with Gasteiger partial charge in [0.1, 0.15) is 6.04 Å². The predicted octanol–water partition coefficient (Wildman–Crippen LogP) is 0.816. The van der Waals surface area contributed by atoms with E-state index in [0.717, 1.165) is 0 Å². The van der Waals surface area contributed by atoms with E-state index in [-0.39, 0.29) is 17.7 Å². The molecule has 18 heavy (non-hydrogen) atoms. The molecule has 0 bridgehead atoms. The maximum absolute atomic E-state index is 12.2. The van der Waals surface area contributed by atoms with Gasteiger partial charge in [0, 0.05) is 26.7 Å². The molecule has 1 N–H and O–H groups in total. The summed E-state index contributed by atoms with van der Waals surface area (Å²) in [6.45, 7) is 9.69. The third kappa shape index (κ3) is 3.57. The Morgan fingerprint density at radius 2 is 2.17 bits per heavy atom. The zero-order chi connectivity index (χ0) is 13.9. The van der Waals surface area contributed by atoms with Crippen LogP contribution in [0.5, 0.6) is 0 Å². The second kappa shape index (κ2) is 5.52. The summed E-state index contributed by atoms with van der Waals surface area (Å²) in [6, 6.07) is -0.590. The van der Waals surface area contributed by atoms with Gasteiger partial charge in [0.05, 0.1) is 6.42 Å². The highest BCUT2D eigenvalue weighted by atomic mass is 16.4. The summed E-state index contributed by atoms with van der Waals surface area (Å²) in [4.78, 5) is 26.7. The highest BCUT2D eigenvalue weighted by Crippen LogP contribution is 2.25. The Kier molecular flexibility index (Phi) is 4.51. The van der Waals surface area contributed by atoms with E-state index < -0.39 is 12.0 Å². The van der Waals surface area contributed by atoms with E-state index in [9.17, 15) is 9.59 Å². The van der Waals surface area contributed by atoms with E-state index in [0.29, 0.717) is 19.6 Å². The molecule has 1 unspecified atom stereocenters. The summed E-state index contributed by atoms with van der Waals surface area (Å²) < 4.78 is 0. The lowest BCUT2D eigenvalue weighted by atomic mass is 9.92. The molecular weight excluding hydrogens is 232 g/mol. The normalized spacial score (nSPS) is 24.7. The molecule has 0 spiro atoms. The predicted molar refractivity (Wildman–Crippen MR) is 69.2 cm³/mol. The minimum atomic E-state index is -0.949. The first-order valence-corrected chi connectivity index (χ1v) is 6.08. The quantitative estimate of drug-likeness (QED) is 0.754. The molecule has 1 aliphatic heterocycles. The highest BCUT2D eigenvalue weighted by molar-refractivity contribution is 5.86. The molecule has 0 aliphatic carbocycles. The fourth-order valence-electron chi connectivity index (χ4n) is 2.58. The molecule has 1 rings (SSSR count). The lowest BCUT2D eigenvalue weighted by Crippen LogP contribution is -2.46. The van der Waals surface area contributed by atoms with E-state index in [4.69, 9.17) is 5.11 Å². The van der Waals surface area contributed by atoms with E-state index in [1.54, 1.807) is 18.0 Å². The van der Waals surface area contributed by atoms with Crippen molar-refractivity contribution in [2.75, 3.05) is 26.7 Å². The zero-order valence-corrected chi connectivity index (χ0v) is 11.3. The van der Waals surface area contributed by atoms with Crippen molar-refractivity contribution in [3.05, 3.63) is 12.7 Å². The number of hydrogen-bond acceptors (Lipinski definition) is 3. The molecule has 0 saturated carbocycles. The Labute approximate surface area is 108 Å². The Hall–Kier alpha value is -1.36. The van der Waals surface area contributed by atoms with E-state index in [1.165, 1.54) is 0 Å². The van der Waals surface area contributed by atoms with Gasteiger partial charge in [0.2, 0.25) is 5.91 Å². The lowest BCUT2D eigenvalue weighted by molar-refractivity contribution is -0.144. The molecule has 1 heterocycles. The molecule has 0 aromatic carbocycles. The molecule has 1 saturated heterocycles. The summed E-state index contributed by atoms with van der Waals surface area (Å²) >= 11 is 0. The van der Waals surface area contributed by atoms with Crippen LogP contribution in [0.25, 0.3) is 0 Å². The van der Waals surface area contributed by atoms with Gasteiger partial charge in [-0.05, 0) is 5.41 Å². The van der Waals surface area contributed by atoms with E-state index >= 15 is 0 Å². The third-order valence-electron chi connectivity index (χ3n) is 3.13. The monoisotopic (exact) mass is 254 g/mol. The first-order valence-electron chi connectivity index (χ1n) is 6.08. The van der Waals surface area contributed by atoms with E-state index in [1.807, 2.05) is 4.90 Å². The Morgan fingerprint density at radius 3 is 2.67 bits per heavy atom. The number of nitrogens with zero attached hydrogens (tertiary/aromatic N) is 2. The summed E-state index contributed by atoms with van der Waals surface area (Å²) in [6.07, 6.45) is 1.55. The van der Waals surface area contributed by atoms with Crippen molar-refractivity contribution in [2.24, 2.45) is 5.41 Å². The number of amides is 1. The number of carboxylic acids is 1. The first kappa shape index (κ1) is 14.7. The van der Waals surface area contributed by atoms with Crippen LogP contribution in [0.4, 0.5) is 0 Å². The molecule has 1 atom stereocenters. The second-order valence-corrected chi connectivity index (χ2v) is 5.69. The van der Waals surface area contributed by atoms with Gasteiger partial charge in [-0.15, -0.1) is 6.58 Å². The van der Waals surface area contributed by atoms with Gasteiger partial charge in [0.15, 0.2) is 0 Å². The standard InChI is InChI=1S/C13H22N2O3/c1-5-6-15-9-13(2,3)8-14(4)12(18)10(15)7-11(16)17/h5,10H,1,6-9H2,2-4H3,(H,16,17). The van der Waals surface area contributed by atoms with Crippen molar-refractivity contribution in [3.8, 4) is 0 Å². The van der Waals surface area contributed by atoms with Crippen molar-refractivity contribution in [1.82, 2.24) is 9.80 Å². The minimum Gasteiger partial charge on any atom is -0.481 e. The van der Waals surface area contributed by atoms with Crippen LogP contribution in [0.1, 0.15) is 20.3 Å². The largest absolute Gasteiger partial charge is 0.481 e. The molecule has 1 aliphatic rings. The van der Waals surface area contributed by atoms with Gasteiger partial charge in [-0.3, -0.25) is 14.5 Å². The van der Waals surface area contributed by atoms with Crippen molar-refractivity contribution in [2.45, 2.75) is 26.3 Å². The summed E-state index contributed by atoms with van der Waals surface area (Å²) in [5, 5.41) is 8.95. The number of rotatable bonds is 4. The molecule has 5 nitrogen and oxygen atoms in total. The van der Waals surface area contributed by atoms with Crippen molar-refractivity contribution in [3.63, 3.8) is 0 Å². The Balaban J connectivity index is 3.02. The van der Waals surface area contributed by atoms with Crippen LogP contribution in [0.2, 0.25) is 0 Å². The van der Waals surface area contributed by atoms with Gasteiger partial charge in [0.25, 0.3) is 0 Å². The summed E-state index contributed by atoms with van der Waals surface area (Å²) in [7, 11) is 1.73. The van der Waals surface area contributed by atoms with Crippen molar-refractivity contribution >= 4 is 11.9 Å². The summed E-state index contributed by atoms with van der Waals surface area (Å²) in [5.74, 6) is -1.07. The molecular formula is C13H22N2O3. The number of carbonyl (C=O) groups is 2. The van der Waals surface area contributed by atoms with Crippen molar-refractivity contribution in [1.29, 1.82) is 0 Å². The molecule has 0 aromatic rings. The van der Waals surface area contributed by atoms with Crippen LogP contribution in [0, 0.1) is 5.41 Å². The molecule has 0 aromatic heterocycles. The molecule has 0 radical (unpaired) electrons. The average molecular weight is 254 g/mol. The number of likely N-dealkylation sites (N-methyl/N-ethyl adjacent to an activating group) is 1. The summed E-state index contributed by atoms with van der Waals surface area (Å²) in [5.41, 5.74) is -0.0549. The maximum Gasteiger partial charge on any atom is 0.305 e. The third-order valence-corrected chi connectivity index (χ3v) is 3.13. The van der Waals surface area contributed by atoms with E-state index in [2.05, 4.69) is 20.4 Å². The topological polar surface area (TPSA) is 60.9 Å². The average Bonchev–Trinajstić information content (AvgIpc) is 2.28. The van der Waals surface area contributed by atoms with Gasteiger partial charge in [-0.25, -0.2) is 0 Å². The number of hydrogen-bond donors (Lipinski definition) is 1. The Morgan fingerprint density at radius 1 is 1.56 bits per heavy atom. The van der Waals surface area contributed by atoms with Crippen LogP contribution in [0.15, 0.2) is 12.7 Å². The Bertz CT molecular complexity index is 352. The maximum atomic E-state index is 12.2. The van der Waals surface area contributed by atoms with Gasteiger partial charge < -0.3 is 10.0 Å². The number of carboxylic acid groups (broad SMARTS) is 1. The SMILES string of the molecule is C=CCN1CC(C)(C)CN(C)C(=O)C1CC(=O)O. The fraction of sp³-hybridized carbons (Fsp3) is 0.692. The van der Waals surface area contributed by atoms with Crippen molar-refractivity contribution < 1.29 is 14.7 Å². The molecule has 1 amide bonds. The minimum absolute atomic E-state index is 0.0549. The van der Waals surface area contributed by atoms with Crippen LogP contribution >= 0.6 is 0 Å². The number of aliphatic carboxylic acids is 1. The zero-order valence-electron chi connectivity index (χ0n) is 11.3.